The minimum absolute atomic E-state index is 0.318. The first-order chi connectivity index (χ1) is 15.0. The maximum absolute atomic E-state index is 13.6. The Hall–Kier alpha value is -2.93. The van der Waals surface area contributed by atoms with E-state index < -0.39 is 11.9 Å². The molecule has 0 bridgehead atoms. The van der Waals surface area contributed by atoms with Crippen LogP contribution in [0.3, 0.4) is 0 Å². The van der Waals surface area contributed by atoms with E-state index in [-0.39, 0.29) is 5.82 Å². The molecule has 2 aromatic carbocycles. The first kappa shape index (κ1) is 21.3. The van der Waals surface area contributed by atoms with E-state index in [2.05, 4.69) is 11.8 Å². The molecule has 1 heterocycles. The Morgan fingerprint density at radius 1 is 1.19 bits per heavy atom. The van der Waals surface area contributed by atoms with E-state index in [0.29, 0.717) is 19.0 Å². The van der Waals surface area contributed by atoms with Crippen LogP contribution in [0.2, 0.25) is 0 Å². The second kappa shape index (κ2) is 9.47. The van der Waals surface area contributed by atoms with Crippen LogP contribution in [0.4, 0.5) is 15.2 Å². The Balaban J connectivity index is 1.63. The van der Waals surface area contributed by atoms with Crippen molar-refractivity contribution < 1.29 is 9.18 Å². The van der Waals surface area contributed by atoms with Crippen LogP contribution in [0.5, 0.6) is 0 Å². The number of carbonyl (C=O) groups excluding carboxylic acids is 1. The van der Waals surface area contributed by atoms with Gasteiger partial charge in [-0.25, -0.2) is 9.37 Å². The summed E-state index contributed by atoms with van der Waals surface area (Å²) in [5, 5.41) is 3.05. The lowest BCUT2D eigenvalue weighted by Gasteiger charge is -2.31. The molecule has 4 rings (SSSR count). The molecule has 0 saturated heterocycles. The van der Waals surface area contributed by atoms with Crippen molar-refractivity contribution in [2.45, 2.75) is 44.8 Å². The van der Waals surface area contributed by atoms with Crippen molar-refractivity contribution in [2.24, 2.45) is 5.73 Å². The fourth-order valence-corrected chi connectivity index (χ4v) is 4.78. The Morgan fingerprint density at radius 3 is 2.52 bits per heavy atom. The van der Waals surface area contributed by atoms with Gasteiger partial charge in [0.1, 0.15) is 11.9 Å². The van der Waals surface area contributed by atoms with Gasteiger partial charge in [0.2, 0.25) is 5.91 Å². The zero-order valence-corrected chi connectivity index (χ0v) is 18.4. The van der Waals surface area contributed by atoms with Gasteiger partial charge in [-0.2, -0.15) is 0 Å². The summed E-state index contributed by atoms with van der Waals surface area (Å²) in [4.78, 5) is 21.6. The number of carbonyl (C=O) groups is 1. The van der Waals surface area contributed by atoms with Crippen LogP contribution in [-0.2, 0) is 17.8 Å². The standard InChI is InChI=1S/C24H27FN4OS/c1-2-28(20-12-13-20)24-27-19(16-31-24)15-29(21-10-8-18(25)9-11-21)22(23(26)30)14-17-6-4-3-5-7-17/h3-11,16,20,22H,2,12-15H2,1H3,(H2,26,30)/t22-/m0/s1. The highest BCUT2D eigenvalue weighted by atomic mass is 32.1. The number of primary amides is 1. The summed E-state index contributed by atoms with van der Waals surface area (Å²) in [7, 11) is 0. The summed E-state index contributed by atoms with van der Waals surface area (Å²) >= 11 is 1.63. The van der Waals surface area contributed by atoms with E-state index >= 15 is 0 Å². The van der Waals surface area contributed by atoms with Gasteiger partial charge in [-0.3, -0.25) is 4.79 Å². The minimum Gasteiger partial charge on any atom is -0.368 e. The highest BCUT2D eigenvalue weighted by Crippen LogP contribution is 2.34. The number of hydrogen-bond acceptors (Lipinski definition) is 5. The van der Waals surface area contributed by atoms with E-state index in [4.69, 9.17) is 10.7 Å². The third kappa shape index (κ3) is 5.22. The molecule has 0 unspecified atom stereocenters. The van der Waals surface area contributed by atoms with Gasteiger partial charge in [0.05, 0.1) is 12.2 Å². The smallest absolute Gasteiger partial charge is 0.240 e. The lowest BCUT2D eigenvalue weighted by Crippen LogP contribution is -2.46. The number of hydrogen-bond donors (Lipinski definition) is 1. The number of nitrogens with two attached hydrogens (primary N) is 1. The van der Waals surface area contributed by atoms with E-state index in [1.165, 1.54) is 25.0 Å². The van der Waals surface area contributed by atoms with Crippen molar-refractivity contribution in [3.8, 4) is 0 Å². The SMILES string of the molecule is CCN(c1nc(CN(c2ccc(F)cc2)[C@@H](Cc2ccccc2)C(N)=O)cs1)C1CC1. The van der Waals surface area contributed by atoms with Crippen LogP contribution in [0.25, 0.3) is 0 Å². The lowest BCUT2D eigenvalue weighted by molar-refractivity contribution is -0.119. The average molecular weight is 439 g/mol. The molecule has 1 saturated carbocycles. The molecular formula is C24H27FN4OS. The molecule has 162 valence electrons. The zero-order chi connectivity index (χ0) is 21.8. The normalized spacial score (nSPS) is 14.3. The molecule has 0 radical (unpaired) electrons. The Labute approximate surface area is 186 Å². The Morgan fingerprint density at radius 2 is 1.90 bits per heavy atom. The molecule has 31 heavy (non-hydrogen) atoms. The van der Waals surface area contributed by atoms with E-state index in [1.54, 1.807) is 23.5 Å². The Kier molecular flexibility index (Phi) is 6.51. The first-order valence-corrected chi connectivity index (χ1v) is 11.5. The van der Waals surface area contributed by atoms with E-state index in [9.17, 15) is 9.18 Å². The highest BCUT2D eigenvalue weighted by molar-refractivity contribution is 7.13. The summed E-state index contributed by atoms with van der Waals surface area (Å²) in [6, 6.07) is 16.0. The molecule has 1 fully saturated rings. The van der Waals surface area contributed by atoms with Crippen molar-refractivity contribution in [1.82, 2.24) is 4.98 Å². The average Bonchev–Trinajstić information content (AvgIpc) is 3.50. The van der Waals surface area contributed by atoms with Gasteiger partial charge in [-0.05, 0) is 49.6 Å². The molecule has 7 heteroatoms. The molecule has 0 spiro atoms. The topological polar surface area (TPSA) is 62.5 Å². The molecule has 1 amide bonds. The van der Waals surface area contributed by atoms with Crippen LogP contribution in [0, 0.1) is 5.82 Å². The fourth-order valence-electron chi connectivity index (χ4n) is 3.83. The third-order valence-corrected chi connectivity index (χ3v) is 6.51. The summed E-state index contributed by atoms with van der Waals surface area (Å²) in [6.07, 6.45) is 2.89. The predicted octanol–water partition coefficient (Wildman–Crippen LogP) is 4.37. The van der Waals surface area contributed by atoms with Crippen molar-refractivity contribution in [3.05, 3.63) is 77.1 Å². The first-order valence-electron chi connectivity index (χ1n) is 10.6. The number of thiazole rings is 1. The summed E-state index contributed by atoms with van der Waals surface area (Å²) in [6.45, 7) is 3.50. The molecular weight excluding hydrogens is 411 g/mol. The number of aromatic nitrogens is 1. The minimum atomic E-state index is -0.580. The van der Waals surface area contributed by atoms with Crippen LogP contribution < -0.4 is 15.5 Å². The maximum atomic E-state index is 13.6. The highest BCUT2D eigenvalue weighted by Gasteiger charge is 2.30. The number of nitrogens with zero attached hydrogens (tertiary/aromatic N) is 3. The Bertz CT molecular complexity index is 1000. The third-order valence-electron chi connectivity index (χ3n) is 5.58. The van der Waals surface area contributed by atoms with Crippen molar-refractivity contribution >= 4 is 28.1 Å². The van der Waals surface area contributed by atoms with Gasteiger partial charge >= 0.3 is 0 Å². The number of rotatable bonds is 10. The number of amides is 1. The second-order valence-corrected chi connectivity index (χ2v) is 8.69. The van der Waals surface area contributed by atoms with E-state index in [0.717, 1.165) is 28.6 Å². The molecule has 0 aliphatic heterocycles. The quantitative estimate of drug-likeness (QED) is 0.510. The van der Waals surface area contributed by atoms with Crippen LogP contribution >= 0.6 is 11.3 Å². The molecule has 5 nitrogen and oxygen atoms in total. The van der Waals surface area contributed by atoms with Gasteiger partial charge < -0.3 is 15.5 Å². The molecule has 1 aliphatic rings. The van der Waals surface area contributed by atoms with Gasteiger partial charge in [0.25, 0.3) is 0 Å². The predicted molar refractivity (Wildman–Crippen MR) is 124 cm³/mol. The largest absolute Gasteiger partial charge is 0.368 e. The van der Waals surface area contributed by atoms with Gasteiger partial charge in [0.15, 0.2) is 5.13 Å². The number of anilines is 2. The van der Waals surface area contributed by atoms with Crippen LogP contribution in [-0.4, -0.2) is 29.5 Å². The second-order valence-electron chi connectivity index (χ2n) is 7.85. The molecule has 1 aromatic heterocycles. The van der Waals surface area contributed by atoms with Crippen LogP contribution in [0.15, 0.2) is 60.0 Å². The summed E-state index contributed by atoms with van der Waals surface area (Å²) in [5.41, 5.74) is 8.48. The van der Waals surface area contributed by atoms with E-state index in [1.807, 2.05) is 40.6 Å². The number of halogens is 1. The number of benzene rings is 2. The van der Waals surface area contributed by atoms with Crippen molar-refractivity contribution in [3.63, 3.8) is 0 Å². The maximum Gasteiger partial charge on any atom is 0.240 e. The molecule has 2 N–H and O–H groups in total. The molecule has 1 aliphatic carbocycles. The van der Waals surface area contributed by atoms with Crippen molar-refractivity contribution in [1.29, 1.82) is 0 Å². The monoisotopic (exact) mass is 438 g/mol. The van der Waals surface area contributed by atoms with Crippen LogP contribution in [0.1, 0.15) is 31.0 Å². The van der Waals surface area contributed by atoms with Gasteiger partial charge in [-0.1, -0.05) is 30.3 Å². The zero-order valence-electron chi connectivity index (χ0n) is 17.6. The molecule has 3 aromatic rings. The lowest BCUT2D eigenvalue weighted by atomic mass is 10.0. The summed E-state index contributed by atoms with van der Waals surface area (Å²) < 4.78 is 13.6. The van der Waals surface area contributed by atoms with Crippen molar-refractivity contribution in [2.75, 3.05) is 16.3 Å². The van der Waals surface area contributed by atoms with Gasteiger partial charge in [-0.15, -0.1) is 11.3 Å². The molecule has 1 atom stereocenters. The summed E-state index contributed by atoms with van der Waals surface area (Å²) in [5.74, 6) is -0.738. The van der Waals surface area contributed by atoms with Gasteiger partial charge in [0, 0.05) is 30.1 Å². The fraction of sp³-hybridized carbons (Fsp3) is 0.333.